The lowest BCUT2D eigenvalue weighted by Gasteiger charge is -2.27. The Morgan fingerprint density at radius 3 is 2.72 bits per heavy atom. The number of aromatic nitrogens is 2. The van der Waals surface area contributed by atoms with Gasteiger partial charge in [0.15, 0.2) is 11.6 Å². The van der Waals surface area contributed by atoms with Gasteiger partial charge in [-0.2, -0.15) is 10.1 Å². The lowest BCUT2D eigenvalue weighted by molar-refractivity contribution is -0.384. The molecule has 25 heavy (non-hydrogen) atoms. The van der Waals surface area contributed by atoms with Crippen molar-refractivity contribution in [1.29, 1.82) is 0 Å². The molecule has 0 unspecified atom stereocenters. The second kappa shape index (κ2) is 7.62. The smallest absolute Gasteiger partial charge is 0.269 e. The Labute approximate surface area is 142 Å². The van der Waals surface area contributed by atoms with Gasteiger partial charge in [0, 0.05) is 25.2 Å². The Balaban J connectivity index is 1.67. The average molecular weight is 346 g/mol. The summed E-state index contributed by atoms with van der Waals surface area (Å²) in [6.45, 7) is 2.15. The molecule has 3 rings (SSSR count). The Hall–Kier alpha value is -3.14. The summed E-state index contributed by atoms with van der Waals surface area (Å²) in [5, 5.41) is 14.6. The number of anilines is 2. The first kappa shape index (κ1) is 16.7. The van der Waals surface area contributed by atoms with Crippen molar-refractivity contribution in [2.45, 2.75) is 0 Å². The number of nitrogens with zero attached hydrogens (tertiary/aromatic N) is 5. The monoisotopic (exact) mass is 346 g/mol. The van der Waals surface area contributed by atoms with Crippen molar-refractivity contribution in [2.75, 3.05) is 36.6 Å². The molecular formula is C15H15FN6O3. The highest BCUT2D eigenvalue weighted by Gasteiger charge is 2.17. The van der Waals surface area contributed by atoms with Crippen LogP contribution in [0.1, 0.15) is 5.56 Å². The first-order chi connectivity index (χ1) is 12.1. The van der Waals surface area contributed by atoms with Gasteiger partial charge in [-0.05, 0) is 17.7 Å². The quantitative estimate of drug-likeness (QED) is 0.500. The van der Waals surface area contributed by atoms with Crippen LogP contribution in [0.5, 0.6) is 0 Å². The van der Waals surface area contributed by atoms with Crippen LogP contribution in [0.15, 0.2) is 35.6 Å². The number of ether oxygens (including phenoxy) is 1. The molecule has 1 fully saturated rings. The molecule has 0 saturated carbocycles. The highest BCUT2D eigenvalue weighted by molar-refractivity contribution is 5.80. The third kappa shape index (κ3) is 4.23. The fourth-order valence-corrected chi connectivity index (χ4v) is 2.26. The van der Waals surface area contributed by atoms with E-state index in [2.05, 4.69) is 20.5 Å². The van der Waals surface area contributed by atoms with Crippen LogP contribution in [-0.4, -0.2) is 47.4 Å². The normalized spacial score (nSPS) is 14.7. The number of non-ortho nitro benzene ring substituents is 1. The van der Waals surface area contributed by atoms with E-state index in [1.807, 2.05) is 0 Å². The standard InChI is InChI=1S/C15H15FN6O3/c16-13-10-17-15(19-14(13)21-5-7-25-8-6-21)20-18-9-11-1-3-12(4-2-11)22(23)24/h1-4,9-10H,5-8H2,(H,17,19,20). The molecule has 0 atom stereocenters. The number of nitrogens with one attached hydrogen (secondary N) is 1. The van der Waals surface area contributed by atoms with Gasteiger partial charge in [0.05, 0.1) is 30.5 Å². The molecule has 2 aromatic rings. The van der Waals surface area contributed by atoms with Gasteiger partial charge in [-0.3, -0.25) is 10.1 Å². The molecule has 1 N–H and O–H groups in total. The zero-order chi connectivity index (χ0) is 17.6. The Bertz CT molecular complexity index is 777. The van der Waals surface area contributed by atoms with Gasteiger partial charge in [0.1, 0.15) is 0 Å². The van der Waals surface area contributed by atoms with Gasteiger partial charge in [0.2, 0.25) is 5.95 Å². The number of morpholine rings is 1. The SMILES string of the molecule is O=[N+]([O-])c1ccc(C=NNc2ncc(F)c(N3CCOCC3)n2)cc1. The molecule has 1 aromatic carbocycles. The molecule has 0 amide bonds. The number of hydrazone groups is 1. The zero-order valence-corrected chi connectivity index (χ0v) is 13.1. The molecule has 10 heteroatoms. The van der Waals surface area contributed by atoms with Crippen LogP contribution < -0.4 is 10.3 Å². The molecule has 0 bridgehead atoms. The highest BCUT2D eigenvalue weighted by Crippen LogP contribution is 2.18. The minimum absolute atomic E-state index is 0.00197. The van der Waals surface area contributed by atoms with Gasteiger partial charge < -0.3 is 9.64 Å². The Kier molecular flexibility index (Phi) is 5.09. The third-order valence-electron chi connectivity index (χ3n) is 3.52. The van der Waals surface area contributed by atoms with E-state index >= 15 is 0 Å². The second-order valence-corrected chi connectivity index (χ2v) is 5.18. The van der Waals surface area contributed by atoms with Gasteiger partial charge >= 0.3 is 0 Å². The van der Waals surface area contributed by atoms with Crippen molar-refractivity contribution in [3.05, 3.63) is 52.0 Å². The number of nitro groups is 1. The summed E-state index contributed by atoms with van der Waals surface area (Å²) in [5.74, 6) is -0.154. The molecule has 1 aliphatic heterocycles. The molecule has 1 aromatic heterocycles. The molecule has 130 valence electrons. The van der Waals surface area contributed by atoms with Gasteiger partial charge in [0.25, 0.3) is 5.69 Å². The van der Waals surface area contributed by atoms with Crippen LogP contribution in [0, 0.1) is 15.9 Å². The van der Waals surface area contributed by atoms with Crippen molar-refractivity contribution in [1.82, 2.24) is 9.97 Å². The average Bonchev–Trinajstić information content (AvgIpc) is 2.64. The molecule has 2 heterocycles. The van der Waals surface area contributed by atoms with E-state index in [-0.39, 0.29) is 17.5 Å². The number of halogens is 1. The van der Waals surface area contributed by atoms with E-state index < -0.39 is 10.7 Å². The van der Waals surface area contributed by atoms with Crippen LogP contribution in [0.4, 0.5) is 21.8 Å². The molecule has 9 nitrogen and oxygen atoms in total. The van der Waals surface area contributed by atoms with Crippen molar-refractivity contribution < 1.29 is 14.1 Å². The molecule has 0 aliphatic carbocycles. The lowest BCUT2D eigenvalue weighted by atomic mass is 10.2. The molecular weight excluding hydrogens is 331 g/mol. The van der Waals surface area contributed by atoms with Crippen LogP contribution in [0.2, 0.25) is 0 Å². The second-order valence-electron chi connectivity index (χ2n) is 5.18. The summed E-state index contributed by atoms with van der Waals surface area (Å²) in [7, 11) is 0. The van der Waals surface area contributed by atoms with E-state index in [4.69, 9.17) is 4.74 Å². The van der Waals surface area contributed by atoms with Crippen molar-refractivity contribution >= 4 is 23.7 Å². The van der Waals surface area contributed by atoms with E-state index in [1.54, 1.807) is 17.0 Å². The van der Waals surface area contributed by atoms with E-state index in [0.29, 0.717) is 31.9 Å². The third-order valence-corrected chi connectivity index (χ3v) is 3.52. The van der Waals surface area contributed by atoms with E-state index in [1.165, 1.54) is 18.3 Å². The molecule has 0 radical (unpaired) electrons. The maximum absolute atomic E-state index is 13.9. The largest absolute Gasteiger partial charge is 0.378 e. The fraction of sp³-hybridized carbons (Fsp3) is 0.267. The van der Waals surface area contributed by atoms with Crippen molar-refractivity contribution in [3.8, 4) is 0 Å². The van der Waals surface area contributed by atoms with Crippen LogP contribution >= 0.6 is 0 Å². The summed E-state index contributed by atoms with van der Waals surface area (Å²) in [6, 6.07) is 5.89. The molecule has 1 aliphatic rings. The fourth-order valence-electron chi connectivity index (χ4n) is 2.26. The van der Waals surface area contributed by atoms with Crippen molar-refractivity contribution in [2.24, 2.45) is 5.10 Å². The van der Waals surface area contributed by atoms with Gasteiger partial charge in [-0.25, -0.2) is 14.8 Å². The van der Waals surface area contributed by atoms with Crippen LogP contribution in [-0.2, 0) is 4.74 Å². The first-order valence-corrected chi connectivity index (χ1v) is 7.52. The zero-order valence-electron chi connectivity index (χ0n) is 13.1. The summed E-state index contributed by atoms with van der Waals surface area (Å²) < 4.78 is 19.2. The molecule has 1 saturated heterocycles. The number of rotatable bonds is 5. The van der Waals surface area contributed by atoms with Crippen molar-refractivity contribution in [3.63, 3.8) is 0 Å². The minimum Gasteiger partial charge on any atom is -0.378 e. The van der Waals surface area contributed by atoms with Crippen LogP contribution in [0.25, 0.3) is 0 Å². The number of hydrogen-bond donors (Lipinski definition) is 1. The van der Waals surface area contributed by atoms with E-state index in [9.17, 15) is 14.5 Å². The minimum atomic E-state index is -0.508. The van der Waals surface area contributed by atoms with E-state index in [0.717, 1.165) is 6.20 Å². The lowest BCUT2D eigenvalue weighted by Crippen LogP contribution is -2.37. The van der Waals surface area contributed by atoms with Gasteiger partial charge in [-0.15, -0.1) is 0 Å². The predicted octanol–water partition coefficient (Wildman–Crippen LogP) is 1.81. The topological polar surface area (TPSA) is 106 Å². The summed E-state index contributed by atoms with van der Waals surface area (Å²) in [5.41, 5.74) is 3.29. The Morgan fingerprint density at radius 1 is 1.32 bits per heavy atom. The van der Waals surface area contributed by atoms with Crippen LogP contribution in [0.3, 0.4) is 0 Å². The predicted molar refractivity (Wildman–Crippen MR) is 89.3 cm³/mol. The maximum atomic E-state index is 13.9. The summed E-state index contributed by atoms with van der Waals surface area (Å²) in [4.78, 5) is 19.9. The summed E-state index contributed by atoms with van der Waals surface area (Å²) >= 11 is 0. The van der Waals surface area contributed by atoms with Gasteiger partial charge in [-0.1, -0.05) is 0 Å². The maximum Gasteiger partial charge on any atom is 0.269 e. The number of nitro benzene ring substituents is 1. The Morgan fingerprint density at radius 2 is 2.04 bits per heavy atom. The first-order valence-electron chi connectivity index (χ1n) is 7.52. The number of benzene rings is 1. The molecule has 0 spiro atoms. The number of hydrogen-bond acceptors (Lipinski definition) is 8. The summed E-state index contributed by atoms with van der Waals surface area (Å²) in [6.07, 6.45) is 2.55. The highest BCUT2D eigenvalue weighted by atomic mass is 19.1.